The Balaban J connectivity index is 0.000000287. The number of fused-ring (bicyclic) bond motifs is 2. The van der Waals surface area contributed by atoms with E-state index in [1.54, 1.807) is 54.9 Å². The van der Waals surface area contributed by atoms with E-state index >= 15 is 0 Å². The van der Waals surface area contributed by atoms with Gasteiger partial charge in [0.25, 0.3) is 10.1 Å². The van der Waals surface area contributed by atoms with Crippen molar-refractivity contribution in [2.45, 2.75) is 24.3 Å². The number of hydrogen-bond acceptors (Lipinski definition) is 8. The van der Waals surface area contributed by atoms with Crippen LogP contribution in [0.4, 0.5) is 10.2 Å². The summed E-state index contributed by atoms with van der Waals surface area (Å²) in [6.07, 6.45) is 3.55. The molecule has 10 nitrogen and oxygen atoms in total. The third-order valence-corrected chi connectivity index (χ3v) is 7.10. The van der Waals surface area contributed by atoms with Gasteiger partial charge in [0.15, 0.2) is 11.5 Å². The van der Waals surface area contributed by atoms with Crippen LogP contribution in [-0.2, 0) is 10.1 Å². The largest absolute Gasteiger partial charge is 0.458 e. The molecule has 1 atom stereocenters. The second kappa shape index (κ2) is 11.7. The molecular weight excluding hydrogens is 549 g/mol. The van der Waals surface area contributed by atoms with E-state index in [9.17, 15) is 17.6 Å². The SMILES string of the molecule is CCC(Nc1ncnc2[nH]cnc12)c1oc2ccccc2c(=O)c1-c1cccc(F)c1.O=S(=O)(O)c1ccccc1. The minimum atomic E-state index is -4.00. The van der Waals surface area contributed by atoms with Crippen LogP contribution in [-0.4, -0.2) is 32.9 Å². The van der Waals surface area contributed by atoms with Crippen LogP contribution in [0.15, 0.2) is 106 Å². The van der Waals surface area contributed by atoms with Crippen molar-refractivity contribution in [1.29, 1.82) is 0 Å². The van der Waals surface area contributed by atoms with E-state index in [1.165, 1.54) is 30.6 Å². The molecule has 1 unspecified atom stereocenters. The second-order valence-electron chi connectivity index (χ2n) is 8.89. The minimum Gasteiger partial charge on any atom is -0.458 e. The predicted molar refractivity (Wildman–Crippen MR) is 152 cm³/mol. The molecule has 0 aliphatic carbocycles. The van der Waals surface area contributed by atoms with E-state index in [1.807, 2.05) is 13.0 Å². The first-order valence-corrected chi connectivity index (χ1v) is 13.9. The lowest BCUT2D eigenvalue weighted by Gasteiger charge is -2.20. The molecule has 0 saturated carbocycles. The number of anilines is 1. The maximum absolute atomic E-state index is 14.0. The second-order valence-corrected chi connectivity index (χ2v) is 10.3. The summed E-state index contributed by atoms with van der Waals surface area (Å²) in [5, 5.41) is 3.77. The smallest absolute Gasteiger partial charge is 0.294 e. The highest BCUT2D eigenvalue weighted by Gasteiger charge is 2.24. The van der Waals surface area contributed by atoms with Gasteiger partial charge in [0.1, 0.15) is 29.0 Å². The minimum absolute atomic E-state index is 0.0741. The number of nitrogens with zero attached hydrogens (tertiary/aromatic N) is 3. The van der Waals surface area contributed by atoms with Crippen LogP contribution >= 0.6 is 0 Å². The van der Waals surface area contributed by atoms with E-state index in [-0.39, 0.29) is 10.3 Å². The third kappa shape index (κ3) is 5.98. The normalized spacial score (nSPS) is 12.1. The molecule has 6 rings (SSSR count). The van der Waals surface area contributed by atoms with Crippen molar-refractivity contribution < 1.29 is 21.8 Å². The summed E-state index contributed by atoms with van der Waals surface area (Å²) >= 11 is 0. The van der Waals surface area contributed by atoms with Gasteiger partial charge in [-0.2, -0.15) is 8.42 Å². The Kier molecular flexibility index (Phi) is 7.86. The predicted octanol–water partition coefficient (Wildman–Crippen LogP) is 5.76. The molecular formula is C29H24FN5O5S. The topological polar surface area (TPSA) is 151 Å². The number of para-hydroxylation sites is 1. The lowest BCUT2D eigenvalue weighted by Crippen LogP contribution is -2.17. The maximum atomic E-state index is 14.0. The molecule has 3 N–H and O–H groups in total. The summed E-state index contributed by atoms with van der Waals surface area (Å²) in [4.78, 5) is 29.1. The molecule has 0 saturated heterocycles. The Hall–Kier alpha value is -4.94. The number of aromatic amines is 1. The Bertz CT molecular complexity index is 1990. The van der Waals surface area contributed by atoms with Crippen molar-refractivity contribution in [2.75, 3.05) is 5.32 Å². The summed E-state index contributed by atoms with van der Waals surface area (Å²) in [6.45, 7) is 1.96. The number of benzene rings is 3. The van der Waals surface area contributed by atoms with E-state index in [0.29, 0.717) is 51.3 Å². The van der Waals surface area contributed by atoms with Gasteiger partial charge in [-0.3, -0.25) is 9.35 Å². The molecule has 0 bridgehead atoms. The van der Waals surface area contributed by atoms with Gasteiger partial charge < -0.3 is 14.7 Å². The molecule has 0 amide bonds. The molecule has 3 heterocycles. The molecule has 6 aromatic rings. The summed E-state index contributed by atoms with van der Waals surface area (Å²) in [7, 11) is -4.00. The van der Waals surface area contributed by atoms with Crippen LogP contribution in [0.25, 0.3) is 33.3 Å². The quantitative estimate of drug-likeness (QED) is 0.211. The molecule has 41 heavy (non-hydrogen) atoms. The fourth-order valence-corrected chi connectivity index (χ4v) is 4.80. The van der Waals surface area contributed by atoms with E-state index in [0.717, 1.165) is 0 Å². The number of nitrogens with one attached hydrogen (secondary N) is 2. The number of imidazole rings is 1. The average Bonchev–Trinajstić information content (AvgIpc) is 3.46. The molecule has 0 fully saturated rings. The number of rotatable bonds is 6. The molecule has 3 aromatic heterocycles. The molecule has 0 aliphatic rings. The zero-order valence-corrected chi connectivity index (χ0v) is 22.5. The van der Waals surface area contributed by atoms with Crippen LogP contribution in [0.1, 0.15) is 25.1 Å². The molecule has 12 heteroatoms. The van der Waals surface area contributed by atoms with Gasteiger partial charge in [0.2, 0.25) is 5.43 Å². The fraction of sp³-hybridized carbons (Fsp3) is 0.103. The van der Waals surface area contributed by atoms with Gasteiger partial charge in [0.05, 0.1) is 28.2 Å². The summed E-state index contributed by atoms with van der Waals surface area (Å²) < 4.78 is 49.5. The van der Waals surface area contributed by atoms with E-state index in [4.69, 9.17) is 8.97 Å². The molecule has 0 spiro atoms. The standard InChI is InChI=1S/C23H18FN5O2.C6H6O3S/c1-2-16(29-23-19-22(26-11-25-19)27-12-28-23)21-18(13-6-5-7-14(24)10-13)20(30)15-8-3-4-9-17(15)31-21;7-10(8,9)6-4-2-1-3-5-6/h3-12,16H,2H2,1H3,(H2,25,26,27,28,29);1-5H,(H,7,8,9). The van der Waals surface area contributed by atoms with E-state index in [2.05, 4.69) is 25.3 Å². The monoisotopic (exact) mass is 573 g/mol. The number of hydrogen-bond donors (Lipinski definition) is 3. The Morgan fingerprint density at radius 2 is 1.76 bits per heavy atom. The Morgan fingerprint density at radius 3 is 2.46 bits per heavy atom. The Labute approximate surface area is 233 Å². The summed E-state index contributed by atoms with van der Waals surface area (Å²) in [5.41, 5.74) is 2.21. The van der Waals surface area contributed by atoms with Crippen molar-refractivity contribution in [1.82, 2.24) is 19.9 Å². The summed E-state index contributed by atoms with van der Waals surface area (Å²) in [5.74, 6) is 0.504. The first-order chi connectivity index (χ1) is 19.8. The van der Waals surface area contributed by atoms with Crippen LogP contribution in [0.5, 0.6) is 0 Å². The van der Waals surface area contributed by atoms with Gasteiger partial charge in [-0.1, -0.05) is 49.4 Å². The lowest BCUT2D eigenvalue weighted by molar-refractivity contribution is 0.483. The first-order valence-electron chi connectivity index (χ1n) is 12.5. The number of aromatic nitrogens is 4. The zero-order chi connectivity index (χ0) is 29.0. The Morgan fingerprint density at radius 1 is 1.00 bits per heavy atom. The van der Waals surface area contributed by atoms with Gasteiger partial charge in [-0.25, -0.2) is 19.3 Å². The highest BCUT2D eigenvalue weighted by atomic mass is 32.2. The fourth-order valence-electron chi connectivity index (χ4n) is 4.30. The lowest BCUT2D eigenvalue weighted by atomic mass is 9.97. The zero-order valence-electron chi connectivity index (χ0n) is 21.7. The van der Waals surface area contributed by atoms with Crippen molar-refractivity contribution >= 4 is 38.1 Å². The molecule has 3 aromatic carbocycles. The van der Waals surface area contributed by atoms with Gasteiger partial charge in [0, 0.05) is 0 Å². The number of H-pyrrole nitrogens is 1. The maximum Gasteiger partial charge on any atom is 0.294 e. The molecule has 0 aliphatic heterocycles. The van der Waals surface area contributed by atoms with Crippen molar-refractivity contribution in [2.24, 2.45) is 0 Å². The van der Waals surface area contributed by atoms with Crippen molar-refractivity contribution in [3.05, 3.63) is 113 Å². The number of halogens is 1. The van der Waals surface area contributed by atoms with Crippen LogP contribution in [0.3, 0.4) is 0 Å². The molecule has 208 valence electrons. The first kappa shape index (κ1) is 27.6. The highest BCUT2D eigenvalue weighted by molar-refractivity contribution is 7.85. The molecule has 0 radical (unpaired) electrons. The van der Waals surface area contributed by atoms with Gasteiger partial charge in [-0.15, -0.1) is 0 Å². The van der Waals surface area contributed by atoms with Crippen LogP contribution < -0.4 is 10.7 Å². The average molecular weight is 574 g/mol. The summed E-state index contributed by atoms with van der Waals surface area (Å²) in [6, 6.07) is 20.0. The van der Waals surface area contributed by atoms with E-state index < -0.39 is 22.0 Å². The highest BCUT2D eigenvalue weighted by Crippen LogP contribution is 2.33. The van der Waals surface area contributed by atoms with Crippen molar-refractivity contribution in [3.8, 4) is 11.1 Å². The van der Waals surface area contributed by atoms with Gasteiger partial charge >= 0.3 is 0 Å². The van der Waals surface area contributed by atoms with Crippen molar-refractivity contribution in [3.63, 3.8) is 0 Å². The van der Waals surface area contributed by atoms with Crippen LogP contribution in [0, 0.1) is 5.82 Å². The van der Waals surface area contributed by atoms with Crippen LogP contribution in [0.2, 0.25) is 0 Å². The van der Waals surface area contributed by atoms with Gasteiger partial charge in [-0.05, 0) is 48.4 Å². The third-order valence-electron chi connectivity index (χ3n) is 6.23.